The number of hydrogen-bond acceptors (Lipinski definition) is 3. The van der Waals surface area contributed by atoms with Crippen molar-refractivity contribution in [1.29, 1.82) is 0 Å². The molecule has 1 aromatic heterocycles. The minimum atomic E-state index is -0.112. The smallest absolute Gasteiger partial charge is 0.123 e. The van der Waals surface area contributed by atoms with Crippen LogP contribution in [0.1, 0.15) is 51.3 Å². The van der Waals surface area contributed by atoms with E-state index in [0.717, 1.165) is 31.1 Å². The molecule has 3 nitrogen and oxygen atoms in total. The van der Waals surface area contributed by atoms with Crippen LogP contribution in [-0.4, -0.2) is 19.3 Å². The second kappa shape index (κ2) is 5.89. The summed E-state index contributed by atoms with van der Waals surface area (Å²) in [6.07, 6.45) is 6.50. The molecule has 3 unspecified atom stereocenters. The van der Waals surface area contributed by atoms with Gasteiger partial charge in [0.1, 0.15) is 5.76 Å². The van der Waals surface area contributed by atoms with E-state index in [-0.39, 0.29) is 11.6 Å². The summed E-state index contributed by atoms with van der Waals surface area (Å²) in [5, 5.41) is 3.40. The van der Waals surface area contributed by atoms with Crippen LogP contribution in [-0.2, 0) is 4.74 Å². The van der Waals surface area contributed by atoms with E-state index >= 15 is 0 Å². The quantitative estimate of drug-likeness (QED) is 0.869. The molecule has 2 rings (SSSR count). The number of likely N-dealkylation sites (N-methyl/N-ethyl adjacent to an activating group) is 1. The minimum absolute atomic E-state index is 0.112. The summed E-state index contributed by atoms with van der Waals surface area (Å²) in [7, 11) is 1.99. The maximum atomic E-state index is 6.20. The molecule has 1 N–H and O–H groups in total. The second-order valence-corrected chi connectivity index (χ2v) is 5.44. The van der Waals surface area contributed by atoms with Gasteiger partial charge >= 0.3 is 0 Å². The van der Waals surface area contributed by atoms with E-state index in [1.54, 1.807) is 6.26 Å². The van der Waals surface area contributed by atoms with Crippen molar-refractivity contribution in [1.82, 2.24) is 5.32 Å². The maximum absolute atomic E-state index is 6.20. The molecule has 0 radical (unpaired) electrons. The van der Waals surface area contributed by atoms with E-state index in [9.17, 15) is 0 Å². The third-order valence-corrected chi connectivity index (χ3v) is 4.07. The van der Waals surface area contributed by atoms with Crippen LogP contribution in [0, 0.1) is 5.92 Å². The Morgan fingerprint density at radius 3 is 3.00 bits per heavy atom. The number of ether oxygens (including phenoxy) is 1. The van der Waals surface area contributed by atoms with Crippen LogP contribution in [0.5, 0.6) is 0 Å². The highest BCUT2D eigenvalue weighted by Crippen LogP contribution is 2.43. The highest BCUT2D eigenvalue weighted by Gasteiger charge is 2.44. The molecule has 1 aliphatic rings. The molecular weight excluding hydrogens is 226 g/mol. The Balaban J connectivity index is 2.26. The monoisotopic (exact) mass is 251 g/mol. The second-order valence-electron chi connectivity index (χ2n) is 5.44. The van der Waals surface area contributed by atoms with Crippen molar-refractivity contribution in [3.63, 3.8) is 0 Å². The van der Waals surface area contributed by atoms with Crippen LogP contribution in [0.25, 0.3) is 0 Å². The van der Waals surface area contributed by atoms with Gasteiger partial charge in [0, 0.05) is 6.61 Å². The highest BCUT2D eigenvalue weighted by atomic mass is 16.5. The zero-order valence-corrected chi connectivity index (χ0v) is 11.7. The average Bonchev–Trinajstić information content (AvgIpc) is 2.84. The van der Waals surface area contributed by atoms with E-state index < -0.39 is 0 Å². The highest BCUT2D eigenvalue weighted by molar-refractivity contribution is 5.12. The molecule has 1 saturated carbocycles. The third kappa shape index (κ3) is 2.62. The predicted octanol–water partition coefficient (Wildman–Crippen LogP) is 3.53. The van der Waals surface area contributed by atoms with Gasteiger partial charge < -0.3 is 14.5 Å². The zero-order chi connectivity index (χ0) is 13.0. The van der Waals surface area contributed by atoms with Crippen LogP contribution >= 0.6 is 0 Å². The van der Waals surface area contributed by atoms with Crippen LogP contribution in [0.3, 0.4) is 0 Å². The lowest BCUT2D eigenvalue weighted by Crippen LogP contribution is -2.48. The summed E-state index contributed by atoms with van der Waals surface area (Å²) in [5.74, 6) is 1.70. The fraction of sp³-hybridized carbons (Fsp3) is 0.733. The topological polar surface area (TPSA) is 34.4 Å². The molecule has 0 bridgehead atoms. The van der Waals surface area contributed by atoms with Gasteiger partial charge in [-0.1, -0.05) is 19.8 Å². The van der Waals surface area contributed by atoms with E-state index in [0.29, 0.717) is 0 Å². The van der Waals surface area contributed by atoms with Gasteiger partial charge in [0.25, 0.3) is 0 Å². The van der Waals surface area contributed by atoms with E-state index in [1.807, 2.05) is 19.2 Å². The molecule has 102 valence electrons. The average molecular weight is 251 g/mol. The SMILES string of the molecule is CCOC1(C(NC)c2ccco2)CCCC(C)C1. The van der Waals surface area contributed by atoms with Crippen LogP contribution in [0.2, 0.25) is 0 Å². The van der Waals surface area contributed by atoms with Crippen LogP contribution < -0.4 is 5.32 Å². The fourth-order valence-corrected chi connectivity index (χ4v) is 3.43. The minimum Gasteiger partial charge on any atom is -0.468 e. The Kier molecular flexibility index (Phi) is 4.46. The van der Waals surface area contributed by atoms with Crippen molar-refractivity contribution >= 4 is 0 Å². The van der Waals surface area contributed by atoms with Crippen LogP contribution in [0.15, 0.2) is 22.8 Å². The Labute approximate surface area is 110 Å². The predicted molar refractivity (Wildman–Crippen MR) is 72.5 cm³/mol. The Morgan fingerprint density at radius 1 is 1.61 bits per heavy atom. The van der Waals surface area contributed by atoms with Crippen molar-refractivity contribution in [3.8, 4) is 0 Å². The van der Waals surface area contributed by atoms with Crippen molar-refractivity contribution < 1.29 is 9.15 Å². The van der Waals surface area contributed by atoms with E-state index in [1.165, 1.54) is 12.8 Å². The van der Waals surface area contributed by atoms with E-state index in [4.69, 9.17) is 9.15 Å². The largest absolute Gasteiger partial charge is 0.468 e. The summed E-state index contributed by atoms with van der Waals surface area (Å²) in [6.45, 7) is 5.16. The molecule has 3 atom stereocenters. The molecule has 1 heterocycles. The standard InChI is InChI=1S/C15H25NO2/c1-4-18-15(9-5-7-12(2)11-15)14(16-3)13-8-6-10-17-13/h6,8,10,12,14,16H,4-5,7,9,11H2,1-3H3. The summed E-state index contributed by atoms with van der Waals surface area (Å²) in [6, 6.07) is 4.14. The van der Waals surface area contributed by atoms with Crippen LogP contribution in [0.4, 0.5) is 0 Å². The normalized spacial score (nSPS) is 30.3. The molecule has 18 heavy (non-hydrogen) atoms. The van der Waals surface area contributed by atoms with Gasteiger partial charge in [0.05, 0.1) is 17.9 Å². The molecule has 3 heteroatoms. The molecule has 0 saturated heterocycles. The van der Waals surface area contributed by atoms with E-state index in [2.05, 4.69) is 19.2 Å². The number of rotatable bonds is 5. The van der Waals surface area contributed by atoms with Gasteiger partial charge in [-0.15, -0.1) is 0 Å². The van der Waals surface area contributed by atoms with Gasteiger partial charge in [-0.3, -0.25) is 0 Å². The van der Waals surface area contributed by atoms with Gasteiger partial charge in [-0.05, 0) is 44.9 Å². The Bertz CT molecular complexity index is 345. The first-order valence-corrected chi connectivity index (χ1v) is 7.06. The number of nitrogens with one attached hydrogen (secondary N) is 1. The molecule has 0 aliphatic heterocycles. The van der Waals surface area contributed by atoms with Gasteiger partial charge in [-0.25, -0.2) is 0 Å². The lowest BCUT2D eigenvalue weighted by molar-refractivity contribution is -0.104. The number of furan rings is 1. The van der Waals surface area contributed by atoms with Crippen molar-refractivity contribution in [2.75, 3.05) is 13.7 Å². The fourth-order valence-electron chi connectivity index (χ4n) is 3.43. The maximum Gasteiger partial charge on any atom is 0.123 e. The molecule has 0 amide bonds. The first-order valence-electron chi connectivity index (χ1n) is 7.06. The first kappa shape index (κ1) is 13.6. The lowest BCUT2D eigenvalue weighted by Gasteiger charge is -2.44. The molecule has 0 aromatic carbocycles. The van der Waals surface area contributed by atoms with Crippen molar-refractivity contribution in [2.24, 2.45) is 5.92 Å². The molecule has 0 spiro atoms. The zero-order valence-electron chi connectivity index (χ0n) is 11.7. The van der Waals surface area contributed by atoms with Gasteiger partial charge in [-0.2, -0.15) is 0 Å². The third-order valence-electron chi connectivity index (χ3n) is 4.07. The molecule has 1 aromatic rings. The molecular formula is C15H25NO2. The van der Waals surface area contributed by atoms with Gasteiger partial charge in [0.2, 0.25) is 0 Å². The summed E-state index contributed by atoms with van der Waals surface area (Å²) >= 11 is 0. The summed E-state index contributed by atoms with van der Waals surface area (Å²) in [4.78, 5) is 0. The summed E-state index contributed by atoms with van der Waals surface area (Å²) in [5.41, 5.74) is -0.112. The van der Waals surface area contributed by atoms with Crippen molar-refractivity contribution in [3.05, 3.63) is 24.2 Å². The van der Waals surface area contributed by atoms with Crippen molar-refractivity contribution in [2.45, 2.75) is 51.2 Å². The molecule has 1 aliphatic carbocycles. The Hall–Kier alpha value is -0.800. The summed E-state index contributed by atoms with van der Waals surface area (Å²) < 4.78 is 11.8. The number of hydrogen-bond donors (Lipinski definition) is 1. The first-order chi connectivity index (χ1) is 8.72. The Morgan fingerprint density at radius 2 is 2.44 bits per heavy atom. The molecule has 1 fully saturated rings. The van der Waals surface area contributed by atoms with Gasteiger partial charge in [0.15, 0.2) is 0 Å². The lowest BCUT2D eigenvalue weighted by atomic mass is 9.74.